The number of ether oxygens (including phenoxy) is 2. The molecule has 3 rings (SSSR count). The van der Waals surface area contributed by atoms with E-state index in [9.17, 15) is 4.79 Å². The average Bonchev–Trinajstić information content (AvgIpc) is 2.59. The zero-order valence-electron chi connectivity index (χ0n) is 15.3. The molecule has 1 N–H and O–H groups in total. The Morgan fingerprint density at radius 2 is 2.08 bits per heavy atom. The third kappa shape index (κ3) is 5.19. The number of carbonyl (C=O) groups excluding carboxylic acids is 1. The van der Waals surface area contributed by atoms with Gasteiger partial charge in [-0.25, -0.2) is 4.79 Å². The van der Waals surface area contributed by atoms with E-state index in [2.05, 4.69) is 19.2 Å². The quantitative estimate of drug-likeness (QED) is 0.860. The number of carbonyl (C=O) groups is 1. The second-order valence-corrected chi connectivity index (χ2v) is 7.56. The number of hydrogen-bond acceptors (Lipinski definition) is 4. The van der Waals surface area contributed by atoms with Gasteiger partial charge < -0.3 is 19.7 Å². The highest BCUT2D eigenvalue weighted by Crippen LogP contribution is 2.33. The maximum atomic E-state index is 12.3. The van der Waals surface area contributed by atoms with Gasteiger partial charge in [0, 0.05) is 19.1 Å². The molecule has 2 aliphatic rings. The molecule has 138 valence electrons. The Kier molecular flexibility index (Phi) is 6.32. The van der Waals surface area contributed by atoms with E-state index in [1.54, 1.807) is 4.90 Å². The maximum absolute atomic E-state index is 12.3. The van der Waals surface area contributed by atoms with Crippen molar-refractivity contribution in [1.29, 1.82) is 0 Å². The highest BCUT2D eigenvalue weighted by Gasteiger charge is 2.32. The molecule has 0 radical (unpaired) electrons. The summed E-state index contributed by atoms with van der Waals surface area (Å²) in [5.74, 6) is 1.63. The Hall–Kier alpha value is -1.59. The molecule has 1 amide bonds. The number of hydrogen-bond donors (Lipinski definition) is 1. The number of nitrogens with zero attached hydrogens (tertiary/aromatic N) is 1. The lowest BCUT2D eigenvalue weighted by atomic mass is 9.73. The predicted octanol–water partition coefficient (Wildman–Crippen LogP) is 3.05. The van der Waals surface area contributed by atoms with Crippen LogP contribution in [0.15, 0.2) is 30.3 Å². The Morgan fingerprint density at radius 1 is 1.32 bits per heavy atom. The van der Waals surface area contributed by atoms with Crippen molar-refractivity contribution >= 4 is 6.09 Å². The minimum Gasteiger partial charge on any atom is -0.445 e. The van der Waals surface area contributed by atoms with Gasteiger partial charge in [0.25, 0.3) is 0 Å². The lowest BCUT2D eigenvalue weighted by Crippen LogP contribution is -2.52. The van der Waals surface area contributed by atoms with Crippen LogP contribution in [0.4, 0.5) is 4.79 Å². The SMILES string of the molecule is CC(C)C1CC(NCC2CN(C(=O)OCc3ccccc3)CCO2)C1. The minimum absolute atomic E-state index is 0.0520. The standard InChI is InChI=1S/C20H30N2O3/c1-15(2)17-10-18(11-17)21-12-19-13-22(8-9-24-19)20(23)25-14-16-6-4-3-5-7-16/h3-7,15,17-19,21H,8-14H2,1-2H3. The van der Waals surface area contributed by atoms with Crippen LogP contribution in [0.5, 0.6) is 0 Å². The van der Waals surface area contributed by atoms with Crippen LogP contribution in [-0.4, -0.2) is 49.4 Å². The van der Waals surface area contributed by atoms with Crippen LogP contribution >= 0.6 is 0 Å². The fourth-order valence-electron chi connectivity index (χ4n) is 3.49. The first-order valence-electron chi connectivity index (χ1n) is 9.42. The zero-order chi connectivity index (χ0) is 17.6. The molecule has 1 aliphatic carbocycles. The van der Waals surface area contributed by atoms with E-state index >= 15 is 0 Å². The summed E-state index contributed by atoms with van der Waals surface area (Å²) in [6.07, 6.45) is 2.32. The molecule has 1 saturated heterocycles. The van der Waals surface area contributed by atoms with Gasteiger partial charge in [-0.15, -0.1) is 0 Å². The molecule has 0 bridgehead atoms. The number of benzene rings is 1. The van der Waals surface area contributed by atoms with E-state index in [4.69, 9.17) is 9.47 Å². The molecular formula is C20H30N2O3. The third-order valence-electron chi connectivity index (χ3n) is 5.35. The van der Waals surface area contributed by atoms with Gasteiger partial charge in [0.2, 0.25) is 0 Å². The largest absolute Gasteiger partial charge is 0.445 e. The van der Waals surface area contributed by atoms with Crippen LogP contribution in [0.1, 0.15) is 32.3 Å². The summed E-state index contributed by atoms with van der Waals surface area (Å²) in [4.78, 5) is 14.0. The second kappa shape index (κ2) is 8.68. The molecule has 1 unspecified atom stereocenters. The van der Waals surface area contributed by atoms with Crippen LogP contribution in [-0.2, 0) is 16.1 Å². The van der Waals surface area contributed by atoms with Gasteiger partial charge in [-0.2, -0.15) is 0 Å². The van der Waals surface area contributed by atoms with E-state index in [1.165, 1.54) is 12.8 Å². The molecular weight excluding hydrogens is 316 g/mol. The van der Waals surface area contributed by atoms with E-state index in [1.807, 2.05) is 30.3 Å². The number of amides is 1. The van der Waals surface area contributed by atoms with Crippen molar-refractivity contribution in [3.05, 3.63) is 35.9 Å². The molecule has 1 saturated carbocycles. The topological polar surface area (TPSA) is 50.8 Å². The Balaban J connectivity index is 1.36. The first kappa shape index (κ1) is 18.2. The Morgan fingerprint density at radius 3 is 2.80 bits per heavy atom. The zero-order valence-corrected chi connectivity index (χ0v) is 15.3. The van der Waals surface area contributed by atoms with Gasteiger partial charge in [0.05, 0.1) is 19.3 Å². The van der Waals surface area contributed by atoms with Crippen LogP contribution in [0.2, 0.25) is 0 Å². The fourth-order valence-corrected chi connectivity index (χ4v) is 3.49. The second-order valence-electron chi connectivity index (χ2n) is 7.56. The van der Waals surface area contributed by atoms with Crippen LogP contribution in [0.25, 0.3) is 0 Å². The van der Waals surface area contributed by atoms with E-state index in [0.717, 1.165) is 23.9 Å². The van der Waals surface area contributed by atoms with Gasteiger partial charge in [-0.3, -0.25) is 0 Å². The van der Waals surface area contributed by atoms with Gasteiger partial charge in [0.1, 0.15) is 6.61 Å². The van der Waals surface area contributed by atoms with Crippen LogP contribution < -0.4 is 5.32 Å². The first-order chi connectivity index (χ1) is 12.1. The number of rotatable bonds is 6. The minimum atomic E-state index is -0.249. The van der Waals surface area contributed by atoms with Crippen molar-refractivity contribution in [3.8, 4) is 0 Å². The lowest BCUT2D eigenvalue weighted by molar-refractivity contribution is -0.0301. The third-order valence-corrected chi connectivity index (χ3v) is 5.35. The summed E-state index contributed by atoms with van der Waals surface area (Å²) >= 11 is 0. The molecule has 2 fully saturated rings. The molecule has 1 aromatic rings. The van der Waals surface area contributed by atoms with E-state index in [0.29, 0.717) is 32.3 Å². The van der Waals surface area contributed by atoms with E-state index in [-0.39, 0.29) is 12.2 Å². The molecule has 5 nitrogen and oxygen atoms in total. The fraction of sp³-hybridized carbons (Fsp3) is 0.650. The summed E-state index contributed by atoms with van der Waals surface area (Å²) in [5.41, 5.74) is 1.01. The normalized spacial score (nSPS) is 26.4. The van der Waals surface area contributed by atoms with E-state index < -0.39 is 0 Å². The van der Waals surface area contributed by atoms with Crippen molar-refractivity contribution in [3.63, 3.8) is 0 Å². The molecule has 1 aliphatic heterocycles. The monoisotopic (exact) mass is 346 g/mol. The van der Waals surface area contributed by atoms with Crippen LogP contribution in [0, 0.1) is 11.8 Å². The highest BCUT2D eigenvalue weighted by molar-refractivity contribution is 5.67. The summed E-state index contributed by atoms with van der Waals surface area (Å²) in [7, 11) is 0. The summed E-state index contributed by atoms with van der Waals surface area (Å²) in [6, 6.07) is 10.4. The smallest absolute Gasteiger partial charge is 0.410 e. The van der Waals surface area contributed by atoms with Gasteiger partial charge in [0.15, 0.2) is 0 Å². The molecule has 1 aromatic carbocycles. The average molecular weight is 346 g/mol. The molecule has 1 atom stereocenters. The molecule has 25 heavy (non-hydrogen) atoms. The number of nitrogens with one attached hydrogen (secondary N) is 1. The first-order valence-corrected chi connectivity index (χ1v) is 9.42. The predicted molar refractivity (Wildman–Crippen MR) is 97.3 cm³/mol. The molecule has 0 spiro atoms. The summed E-state index contributed by atoms with van der Waals surface area (Å²) < 4.78 is 11.2. The van der Waals surface area contributed by atoms with Gasteiger partial charge in [-0.1, -0.05) is 44.2 Å². The van der Waals surface area contributed by atoms with Crippen LogP contribution in [0.3, 0.4) is 0 Å². The molecule has 0 aromatic heterocycles. The maximum Gasteiger partial charge on any atom is 0.410 e. The molecule has 5 heteroatoms. The van der Waals surface area contributed by atoms with Crippen molar-refractivity contribution in [2.75, 3.05) is 26.2 Å². The van der Waals surface area contributed by atoms with Crippen molar-refractivity contribution < 1.29 is 14.3 Å². The van der Waals surface area contributed by atoms with Crippen molar-refractivity contribution in [1.82, 2.24) is 10.2 Å². The number of morpholine rings is 1. The van der Waals surface area contributed by atoms with Gasteiger partial charge >= 0.3 is 6.09 Å². The Labute approximate surface area is 150 Å². The summed E-state index contributed by atoms with van der Waals surface area (Å²) in [5, 5.41) is 3.59. The van der Waals surface area contributed by atoms with Crippen molar-refractivity contribution in [2.24, 2.45) is 11.8 Å². The van der Waals surface area contributed by atoms with Crippen molar-refractivity contribution in [2.45, 2.75) is 45.4 Å². The highest BCUT2D eigenvalue weighted by atomic mass is 16.6. The molecule has 1 heterocycles. The van der Waals surface area contributed by atoms with Gasteiger partial charge in [-0.05, 0) is 30.2 Å². The summed E-state index contributed by atoms with van der Waals surface area (Å²) in [6.45, 7) is 7.49. The lowest BCUT2D eigenvalue weighted by Gasteiger charge is -2.40. The Bertz CT molecular complexity index is 543.